The van der Waals surface area contributed by atoms with Crippen LogP contribution in [0, 0.1) is 0 Å². The molecule has 0 saturated carbocycles. The SMILES string of the molecule is CCCCN(c1ccccc1)c1ccc([Si](C)(C)C)cc1. The fourth-order valence-electron chi connectivity index (χ4n) is 2.47. The van der Waals surface area contributed by atoms with Gasteiger partial charge < -0.3 is 4.90 Å². The van der Waals surface area contributed by atoms with Gasteiger partial charge in [0.1, 0.15) is 0 Å². The van der Waals surface area contributed by atoms with Crippen LogP contribution in [-0.2, 0) is 0 Å². The van der Waals surface area contributed by atoms with E-state index in [4.69, 9.17) is 0 Å². The summed E-state index contributed by atoms with van der Waals surface area (Å²) in [7, 11) is -1.21. The molecule has 0 bridgehead atoms. The Labute approximate surface area is 130 Å². The molecule has 0 heterocycles. The van der Waals surface area contributed by atoms with Crippen LogP contribution in [0.4, 0.5) is 11.4 Å². The highest BCUT2D eigenvalue weighted by atomic mass is 28.3. The molecule has 0 aliphatic rings. The maximum atomic E-state index is 2.43. The summed E-state index contributed by atoms with van der Waals surface area (Å²) < 4.78 is 0. The third-order valence-corrected chi connectivity index (χ3v) is 5.91. The minimum Gasteiger partial charge on any atom is -0.341 e. The molecular weight excluding hydrogens is 270 g/mol. The Bertz CT molecular complexity index is 540. The van der Waals surface area contributed by atoms with Crippen LogP contribution < -0.4 is 10.1 Å². The summed E-state index contributed by atoms with van der Waals surface area (Å²) in [5.41, 5.74) is 2.59. The van der Waals surface area contributed by atoms with Crippen molar-refractivity contribution in [1.82, 2.24) is 0 Å². The lowest BCUT2D eigenvalue weighted by Crippen LogP contribution is -2.37. The summed E-state index contributed by atoms with van der Waals surface area (Å²) in [5.74, 6) is 0. The Morgan fingerprint density at radius 2 is 1.38 bits per heavy atom. The monoisotopic (exact) mass is 297 g/mol. The van der Waals surface area contributed by atoms with E-state index in [2.05, 4.69) is 86.1 Å². The Kier molecular flexibility index (Phi) is 5.24. The Hall–Kier alpha value is -1.54. The molecular formula is C19H27NSi. The highest BCUT2D eigenvalue weighted by molar-refractivity contribution is 6.88. The largest absolute Gasteiger partial charge is 0.341 e. The molecule has 2 aromatic rings. The van der Waals surface area contributed by atoms with Crippen LogP contribution in [0.1, 0.15) is 19.8 Å². The number of anilines is 2. The molecule has 0 aliphatic heterocycles. The van der Waals surface area contributed by atoms with Crippen LogP contribution in [-0.4, -0.2) is 14.6 Å². The van der Waals surface area contributed by atoms with Crippen molar-refractivity contribution in [3.63, 3.8) is 0 Å². The van der Waals surface area contributed by atoms with Gasteiger partial charge in [0.15, 0.2) is 0 Å². The summed E-state index contributed by atoms with van der Waals surface area (Å²) in [6, 6.07) is 19.9. The van der Waals surface area contributed by atoms with Crippen LogP contribution in [0.3, 0.4) is 0 Å². The first kappa shape index (κ1) is 15.8. The maximum Gasteiger partial charge on any atom is 0.0775 e. The molecule has 0 N–H and O–H groups in total. The zero-order valence-corrected chi connectivity index (χ0v) is 14.8. The maximum absolute atomic E-state index is 2.43. The second-order valence-corrected chi connectivity index (χ2v) is 11.7. The van der Waals surface area contributed by atoms with E-state index < -0.39 is 8.07 Å². The Morgan fingerprint density at radius 3 is 1.90 bits per heavy atom. The normalized spacial score (nSPS) is 11.4. The summed E-state index contributed by atoms with van der Waals surface area (Å²) in [5, 5.41) is 1.52. The van der Waals surface area contributed by atoms with Crippen molar-refractivity contribution in [2.45, 2.75) is 39.4 Å². The van der Waals surface area contributed by atoms with E-state index in [0.29, 0.717) is 0 Å². The van der Waals surface area contributed by atoms with E-state index in [1.54, 1.807) is 0 Å². The van der Waals surface area contributed by atoms with Crippen molar-refractivity contribution >= 4 is 24.6 Å². The van der Waals surface area contributed by atoms with E-state index in [-0.39, 0.29) is 0 Å². The van der Waals surface area contributed by atoms with Gasteiger partial charge in [-0.05, 0) is 30.7 Å². The molecule has 0 aromatic heterocycles. The van der Waals surface area contributed by atoms with E-state index in [0.717, 1.165) is 6.54 Å². The quantitative estimate of drug-likeness (QED) is 0.665. The van der Waals surface area contributed by atoms with Crippen molar-refractivity contribution in [3.05, 3.63) is 54.6 Å². The first-order chi connectivity index (χ1) is 10.0. The van der Waals surface area contributed by atoms with Crippen LogP contribution in [0.15, 0.2) is 54.6 Å². The van der Waals surface area contributed by atoms with Crippen LogP contribution >= 0.6 is 0 Å². The number of rotatable bonds is 6. The lowest BCUT2D eigenvalue weighted by molar-refractivity contribution is 0.786. The molecule has 0 aliphatic carbocycles. The predicted molar refractivity (Wildman–Crippen MR) is 97.8 cm³/mol. The van der Waals surface area contributed by atoms with Crippen LogP contribution in [0.2, 0.25) is 19.6 Å². The number of hydrogen-bond donors (Lipinski definition) is 0. The molecule has 2 aromatic carbocycles. The molecule has 0 saturated heterocycles. The van der Waals surface area contributed by atoms with E-state index in [1.165, 1.54) is 29.4 Å². The molecule has 0 amide bonds. The van der Waals surface area contributed by atoms with Crippen LogP contribution in [0.25, 0.3) is 0 Å². The van der Waals surface area contributed by atoms with Crippen molar-refractivity contribution in [2.75, 3.05) is 11.4 Å². The number of unbranched alkanes of at least 4 members (excludes halogenated alkanes) is 1. The molecule has 21 heavy (non-hydrogen) atoms. The highest BCUT2D eigenvalue weighted by Crippen LogP contribution is 2.25. The highest BCUT2D eigenvalue weighted by Gasteiger charge is 2.16. The van der Waals surface area contributed by atoms with Crippen molar-refractivity contribution in [1.29, 1.82) is 0 Å². The minimum absolute atomic E-state index is 1.08. The molecule has 0 spiro atoms. The number of benzene rings is 2. The second kappa shape index (κ2) is 6.95. The molecule has 1 nitrogen and oxygen atoms in total. The number of hydrogen-bond acceptors (Lipinski definition) is 1. The van der Waals surface area contributed by atoms with Gasteiger partial charge in [-0.3, -0.25) is 0 Å². The van der Waals surface area contributed by atoms with Gasteiger partial charge in [-0.25, -0.2) is 0 Å². The van der Waals surface area contributed by atoms with E-state index in [1.807, 2.05) is 0 Å². The minimum atomic E-state index is -1.21. The molecule has 0 unspecified atom stereocenters. The van der Waals surface area contributed by atoms with Crippen LogP contribution in [0.5, 0.6) is 0 Å². The third kappa shape index (κ3) is 4.21. The summed E-state index contributed by atoms with van der Waals surface area (Å²) >= 11 is 0. The van der Waals surface area contributed by atoms with Gasteiger partial charge in [-0.15, -0.1) is 0 Å². The van der Waals surface area contributed by atoms with Crippen molar-refractivity contribution in [3.8, 4) is 0 Å². The molecule has 112 valence electrons. The molecule has 0 fully saturated rings. The lowest BCUT2D eigenvalue weighted by Gasteiger charge is -2.26. The molecule has 2 rings (SSSR count). The fourth-order valence-corrected chi connectivity index (χ4v) is 3.64. The summed E-state index contributed by atoms with van der Waals surface area (Å²) in [6.45, 7) is 10.5. The topological polar surface area (TPSA) is 3.24 Å². The third-order valence-electron chi connectivity index (χ3n) is 3.85. The standard InChI is InChI=1S/C19H27NSi/c1-5-6-16-20(17-10-8-7-9-11-17)18-12-14-19(15-13-18)21(2,3)4/h7-15H,5-6,16H2,1-4H3. The lowest BCUT2D eigenvalue weighted by atomic mass is 10.2. The first-order valence-electron chi connectivity index (χ1n) is 7.95. The summed E-state index contributed by atoms with van der Waals surface area (Å²) in [6.07, 6.45) is 2.43. The van der Waals surface area contributed by atoms with E-state index in [9.17, 15) is 0 Å². The van der Waals surface area contributed by atoms with Gasteiger partial charge in [0.25, 0.3) is 0 Å². The Morgan fingerprint density at radius 1 is 0.810 bits per heavy atom. The summed E-state index contributed by atoms with van der Waals surface area (Å²) in [4.78, 5) is 2.43. The first-order valence-corrected chi connectivity index (χ1v) is 11.5. The Balaban J connectivity index is 2.29. The fraction of sp³-hybridized carbons (Fsp3) is 0.368. The average molecular weight is 298 g/mol. The van der Waals surface area contributed by atoms with Gasteiger partial charge in [0.05, 0.1) is 8.07 Å². The predicted octanol–water partition coefficient (Wildman–Crippen LogP) is 5.17. The number of nitrogens with zero attached hydrogens (tertiary/aromatic N) is 1. The second-order valence-electron chi connectivity index (χ2n) is 6.64. The van der Waals surface area contributed by atoms with Gasteiger partial charge in [0.2, 0.25) is 0 Å². The van der Waals surface area contributed by atoms with Crippen molar-refractivity contribution < 1.29 is 0 Å². The zero-order chi connectivity index (χ0) is 15.3. The van der Waals surface area contributed by atoms with Gasteiger partial charge >= 0.3 is 0 Å². The zero-order valence-electron chi connectivity index (χ0n) is 13.8. The average Bonchev–Trinajstić information content (AvgIpc) is 2.48. The molecule has 2 heteroatoms. The van der Waals surface area contributed by atoms with Gasteiger partial charge in [0, 0.05) is 17.9 Å². The molecule has 0 radical (unpaired) electrons. The van der Waals surface area contributed by atoms with Gasteiger partial charge in [-0.2, -0.15) is 0 Å². The molecule has 0 atom stereocenters. The smallest absolute Gasteiger partial charge is 0.0775 e. The number of para-hydroxylation sites is 1. The van der Waals surface area contributed by atoms with Crippen molar-refractivity contribution in [2.24, 2.45) is 0 Å². The van der Waals surface area contributed by atoms with E-state index >= 15 is 0 Å². The van der Waals surface area contributed by atoms with Gasteiger partial charge in [-0.1, -0.05) is 68.5 Å².